The first-order valence-corrected chi connectivity index (χ1v) is 11.1. The van der Waals surface area contributed by atoms with Gasteiger partial charge in [0.15, 0.2) is 0 Å². The lowest BCUT2D eigenvalue weighted by Gasteiger charge is -2.14. The van der Waals surface area contributed by atoms with Gasteiger partial charge in [-0.25, -0.2) is 0 Å². The van der Waals surface area contributed by atoms with Crippen molar-refractivity contribution in [3.63, 3.8) is 0 Å². The lowest BCUT2D eigenvalue weighted by Crippen LogP contribution is -2.19. The SMILES string of the molecule is CCCCCN(C)C/C=C(\C)CC/C=C(\C)CC/C=C(\C)CCC=C(C)C. The van der Waals surface area contributed by atoms with Crippen molar-refractivity contribution in [3.05, 3.63) is 46.6 Å². The van der Waals surface area contributed by atoms with E-state index in [9.17, 15) is 0 Å². The van der Waals surface area contributed by atoms with Crippen molar-refractivity contribution < 1.29 is 0 Å². The molecule has 0 saturated carbocycles. The van der Waals surface area contributed by atoms with Crippen molar-refractivity contribution in [1.29, 1.82) is 0 Å². The predicted molar refractivity (Wildman–Crippen MR) is 125 cm³/mol. The van der Waals surface area contributed by atoms with Crippen LogP contribution in [0.15, 0.2) is 46.6 Å². The summed E-state index contributed by atoms with van der Waals surface area (Å²) in [6.45, 7) is 15.8. The highest BCUT2D eigenvalue weighted by Crippen LogP contribution is 2.13. The smallest absolute Gasteiger partial charge is 0.0162 e. The Morgan fingerprint density at radius 3 is 1.63 bits per heavy atom. The van der Waals surface area contributed by atoms with E-state index < -0.39 is 0 Å². The number of rotatable bonds is 15. The predicted octanol–water partition coefficient (Wildman–Crippen LogP) is 8.25. The van der Waals surface area contributed by atoms with E-state index >= 15 is 0 Å². The molecule has 0 bridgehead atoms. The number of hydrogen-bond donors (Lipinski definition) is 0. The molecule has 0 atom stereocenters. The molecule has 0 aliphatic heterocycles. The first kappa shape index (κ1) is 25.9. The fourth-order valence-corrected chi connectivity index (χ4v) is 3.02. The molecule has 0 aromatic carbocycles. The molecule has 1 nitrogen and oxygen atoms in total. The molecule has 0 amide bonds. The lowest BCUT2D eigenvalue weighted by molar-refractivity contribution is 0.358. The molecule has 0 aliphatic carbocycles. The largest absolute Gasteiger partial charge is 0.303 e. The first-order chi connectivity index (χ1) is 12.8. The maximum absolute atomic E-state index is 2.44. The van der Waals surface area contributed by atoms with Crippen molar-refractivity contribution in [2.24, 2.45) is 0 Å². The summed E-state index contributed by atoms with van der Waals surface area (Å²) in [5.74, 6) is 0. The van der Waals surface area contributed by atoms with Crippen LogP contribution in [0.1, 0.15) is 99.3 Å². The Hall–Kier alpha value is -1.08. The van der Waals surface area contributed by atoms with Crippen LogP contribution in [0.25, 0.3) is 0 Å². The van der Waals surface area contributed by atoms with Gasteiger partial charge in [0, 0.05) is 6.54 Å². The fourth-order valence-electron chi connectivity index (χ4n) is 3.02. The van der Waals surface area contributed by atoms with E-state index in [1.807, 2.05) is 0 Å². The second kappa shape index (κ2) is 17.0. The average Bonchev–Trinajstić information content (AvgIpc) is 2.60. The summed E-state index contributed by atoms with van der Waals surface area (Å²) in [6, 6.07) is 0. The molecule has 0 aliphatic rings. The summed E-state index contributed by atoms with van der Waals surface area (Å²) in [6.07, 6.45) is 20.7. The summed E-state index contributed by atoms with van der Waals surface area (Å²) in [5.41, 5.74) is 6.01. The quantitative estimate of drug-likeness (QED) is 0.206. The zero-order chi connectivity index (χ0) is 20.5. The Morgan fingerprint density at radius 1 is 0.667 bits per heavy atom. The Balaban J connectivity index is 3.99. The molecule has 1 heteroatoms. The number of hydrogen-bond acceptors (Lipinski definition) is 1. The van der Waals surface area contributed by atoms with E-state index in [1.54, 1.807) is 0 Å². The van der Waals surface area contributed by atoms with E-state index in [0.717, 1.165) is 6.54 Å². The molecule has 0 rings (SSSR count). The van der Waals surface area contributed by atoms with Crippen LogP contribution in [-0.4, -0.2) is 25.0 Å². The van der Waals surface area contributed by atoms with Gasteiger partial charge in [0.05, 0.1) is 0 Å². The fraction of sp³-hybridized carbons (Fsp3) is 0.692. The van der Waals surface area contributed by atoms with Gasteiger partial charge < -0.3 is 4.90 Å². The number of unbranched alkanes of at least 4 members (excludes halogenated alkanes) is 2. The molecule has 0 spiro atoms. The van der Waals surface area contributed by atoms with Crippen LogP contribution in [0.2, 0.25) is 0 Å². The molecule has 156 valence electrons. The summed E-state index contributed by atoms with van der Waals surface area (Å²) >= 11 is 0. The van der Waals surface area contributed by atoms with Gasteiger partial charge in [-0.3, -0.25) is 0 Å². The Kier molecular flexibility index (Phi) is 16.4. The number of likely N-dealkylation sites (N-methyl/N-ethyl adjacent to an activating group) is 1. The molecular weight excluding hydrogens is 326 g/mol. The Labute approximate surface area is 171 Å². The summed E-state index contributed by atoms with van der Waals surface area (Å²) in [4.78, 5) is 2.44. The monoisotopic (exact) mass is 373 g/mol. The van der Waals surface area contributed by atoms with Crippen LogP contribution in [0, 0.1) is 0 Å². The van der Waals surface area contributed by atoms with Crippen LogP contribution < -0.4 is 0 Å². The van der Waals surface area contributed by atoms with Gasteiger partial charge in [-0.15, -0.1) is 0 Å². The third-order valence-electron chi connectivity index (χ3n) is 5.05. The summed E-state index contributed by atoms with van der Waals surface area (Å²) in [5, 5.41) is 0. The Bertz CT molecular complexity index is 486. The highest BCUT2D eigenvalue weighted by Gasteiger charge is 1.97. The van der Waals surface area contributed by atoms with Crippen LogP contribution in [0.3, 0.4) is 0 Å². The third-order valence-corrected chi connectivity index (χ3v) is 5.05. The first-order valence-electron chi connectivity index (χ1n) is 11.1. The van der Waals surface area contributed by atoms with Crippen molar-refractivity contribution in [1.82, 2.24) is 4.90 Å². The highest BCUT2D eigenvalue weighted by atomic mass is 15.1. The maximum atomic E-state index is 2.44. The van der Waals surface area contributed by atoms with Gasteiger partial charge in [-0.05, 0) is 93.2 Å². The van der Waals surface area contributed by atoms with Crippen LogP contribution in [-0.2, 0) is 0 Å². The van der Waals surface area contributed by atoms with Gasteiger partial charge in [0.1, 0.15) is 0 Å². The van der Waals surface area contributed by atoms with Gasteiger partial charge >= 0.3 is 0 Å². The standard InChI is InChI=1S/C26H47N/c1-8-9-10-21-27(7)22-20-26(6)19-13-18-25(5)17-12-16-24(4)15-11-14-23(2)3/h14,16,18,20H,8-13,15,17,19,21-22H2,1-7H3/b24-16+,25-18+,26-20+. The van der Waals surface area contributed by atoms with Crippen molar-refractivity contribution >= 4 is 0 Å². The Morgan fingerprint density at radius 2 is 1.15 bits per heavy atom. The molecule has 0 heterocycles. The molecule has 0 radical (unpaired) electrons. The average molecular weight is 374 g/mol. The van der Waals surface area contributed by atoms with E-state index in [4.69, 9.17) is 0 Å². The molecule has 0 N–H and O–H groups in total. The minimum absolute atomic E-state index is 1.09. The molecule has 27 heavy (non-hydrogen) atoms. The molecular formula is C26H47N. The topological polar surface area (TPSA) is 3.24 Å². The van der Waals surface area contributed by atoms with Crippen LogP contribution >= 0.6 is 0 Å². The molecule has 0 fully saturated rings. The normalized spacial score (nSPS) is 13.4. The van der Waals surface area contributed by atoms with Gasteiger partial charge in [-0.1, -0.05) is 66.4 Å². The van der Waals surface area contributed by atoms with Crippen LogP contribution in [0.4, 0.5) is 0 Å². The van der Waals surface area contributed by atoms with Crippen LogP contribution in [0.5, 0.6) is 0 Å². The second-order valence-corrected chi connectivity index (χ2v) is 8.52. The van der Waals surface area contributed by atoms with E-state index in [1.165, 1.54) is 86.6 Å². The highest BCUT2D eigenvalue weighted by molar-refractivity contribution is 5.07. The molecule has 0 unspecified atom stereocenters. The van der Waals surface area contributed by atoms with Gasteiger partial charge in [0.2, 0.25) is 0 Å². The van der Waals surface area contributed by atoms with Crippen molar-refractivity contribution in [3.8, 4) is 0 Å². The zero-order valence-electron chi connectivity index (χ0n) is 19.5. The summed E-state index contributed by atoms with van der Waals surface area (Å²) < 4.78 is 0. The van der Waals surface area contributed by atoms with Gasteiger partial charge in [0.25, 0.3) is 0 Å². The molecule has 0 aromatic rings. The zero-order valence-corrected chi connectivity index (χ0v) is 19.5. The minimum Gasteiger partial charge on any atom is -0.303 e. The molecule has 0 saturated heterocycles. The van der Waals surface area contributed by atoms with E-state index in [2.05, 4.69) is 77.8 Å². The maximum Gasteiger partial charge on any atom is 0.0162 e. The number of nitrogens with zero attached hydrogens (tertiary/aromatic N) is 1. The van der Waals surface area contributed by atoms with Crippen molar-refractivity contribution in [2.45, 2.75) is 99.3 Å². The van der Waals surface area contributed by atoms with E-state index in [-0.39, 0.29) is 0 Å². The number of allylic oxidation sites excluding steroid dienone is 7. The molecule has 0 aromatic heterocycles. The third kappa shape index (κ3) is 18.1. The van der Waals surface area contributed by atoms with E-state index in [0.29, 0.717) is 0 Å². The van der Waals surface area contributed by atoms with Crippen molar-refractivity contribution in [2.75, 3.05) is 20.1 Å². The lowest BCUT2D eigenvalue weighted by atomic mass is 10.0. The van der Waals surface area contributed by atoms with Gasteiger partial charge in [-0.2, -0.15) is 0 Å². The summed E-state index contributed by atoms with van der Waals surface area (Å²) in [7, 11) is 2.23. The second-order valence-electron chi connectivity index (χ2n) is 8.52. The minimum atomic E-state index is 1.09.